The number of aromatic nitrogens is 2. The SMILES string of the molecule is c1ccc(-c2cccc(-c3nc(-c4cccc(-c5cccc(C6(c7ccccc7)c7ccccc7-c7ccccc76)c5)c4)c4ccccc4n3)c2)cc1. The van der Waals surface area contributed by atoms with Crippen molar-refractivity contribution in [2.24, 2.45) is 0 Å². The number of rotatable bonds is 6. The molecule has 53 heavy (non-hydrogen) atoms. The van der Waals surface area contributed by atoms with Crippen LogP contribution in [0, 0.1) is 0 Å². The van der Waals surface area contributed by atoms with Gasteiger partial charge in [0.15, 0.2) is 5.82 Å². The minimum Gasteiger partial charge on any atom is -0.228 e. The fourth-order valence-electron chi connectivity index (χ4n) is 8.38. The lowest BCUT2D eigenvalue weighted by Crippen LogP contribution is -2.28. The molecule has 248 valence electrons. The van der Waals surface area contributed by atoms with Crippen molar-refractivity contribution in [3.8, 4) is 56.0 Å². The Hall–Kier alpha value is -6.90. The van der Waals surface area contributed by atoms with Crippen LogP contribution in [-0.2, 0) is 5.41 Å². The molecular formula is C51H34N2. The first-order valence-electron chi connectivity index (χ1n) is 18.2. The van der Waals surface area contributed by atoms with Gasteiger partial charge >= 0.3 is 0 Å². The Morgan fingerprint density at radius 2 is 0.811 bits per heavy atom. The van der Waals surface area contributed by atoms with Crippen LogP contribution in [0.5, 0.6) is 0 Å². The van der Waals surface area contributed by atoms with Crippen LogP contribution in [0.25, 0.3) is 66.9 Å². The monoisotopic (exact) mass is 674 g/mol. The summed E-state index contributed by atoms with van der Waals surface area (Å²) >= 11 is 0. The maximum absolute atomic E-state index is 5.28. The van der Waals surface area contributed by atoms with E-state index in [1.54, 1.807) is 0 Å². The van der Waals surface area contributed by atoms with Crippen LogP contribution in [0.1, 0.15) is 22.3 Å². The van der Waals surface area contributed by atoms with Gasteiger partial charge in [0.25, 0.3) is 0 Å². The molecule has 1 aliphatic carbocycles. The van der Waals surface area contributed by atoms with E-state index in [1.165, 1.54) is 38.9 Å². The zero-order valence-corrected chi connectivity index (χ0v) is 29.0. The van der Waals surface area contributed by atoms with E-state index in [0.29, 0.717) is 5.82 Å². The van der Waals surface area contributed by atoms with Crippen LogP contribution in [0.4, 0.5) is 0 Å². The van der Waals surface area contributed by atoms with E-state index in [4.69, 9.17) is 9.97 Å². The highest BCUT2D eigenvalue weighted by Crippen LogP contribution is 2.56. The zero-order valence-electron chi connectivity index (χ0n) is 29.0. The third-order valence-corrected chi connectivity index (χ3v) is 10.8. The molecule has 0 N–H and O–H groups in total. The van der Waals surface area contributed by atoms with E-state index < -0.39 is 5.41 Å². The van der Waals surface area contributed by atoms with Crippen molar-refractivity contribution >= 4 is 10.9 Å². The maximum atomic E-state index is 5.28. The van der Waals surface area contributed by atoms with E-state index in [-0.39, 0.29) is 0 Å². The minimum atomic E-state index is -0.450. The fourth-order valence-corrected chi connectivity index (χ4v) is 8.38. The Morgan fingerprint density at radius 3 is 1.55 bits per heavy atom. The standard InChI is InChI=1S/C51H34N2/c1-3-16-35(17-4-1)36-18-14-22-40(33-36)50-52-48-31-12-9-28-45(48)49(53-50)39-21-13-19-37(32-39)38-20-15-25-42(34-38)51(41-23-5-2-6-24-41)46-29-10-7-26-43(46)44-27-8-11-30-47(44)51/h1-34H. The van der Waals surface area contributed by atoms with Crippen molar-refractivity contribution in [1.29, 1.82) is 0 Å². The molecule has 0 aliphatic heterocycles. The molecule has 2 nitrogen and oxygen atoms in total. The number of nitrogens with zero attached hydrogens (tertiary/aromatic N) is 2. The second kappa shape index (κ2) is 12.7. The first-order valence-corrected chi connectivity index (χ1v) is 18.2. The van der Waals surface area contributed by atoms with E-state index in [9.17, 15) is 0 Å². The lowest BCUT2D eigenvalue weighted by molar-refractivity contribution is 0.769. The van der Waals surface area contributed by atoms with Crippen molar-refractivity contribution in [2.45, 2.75) is 5.41 Å². The summed E-state index contributed by atoms with van der Waals surface area (Å²) < 4.78 is 0. The van der Waals surface area contributed by atoms with E-state index in [1.807, 2.05) is 12.1 Å². The van der Waals surface area contributed by atoms with E-state index >= 15 is 0 Å². The highest BCUT2D eigenvalue weighted by molar-refractivity contribution is 5.95. The summed E-state index contributed by atoms with van der Waals surface area (Å²) in [4.78, 5) is 10.3. The van der Waals surface area contributed by atoms with Gasteiger partial charge in [-0.05, 0) is 79.9 Å². The van der Waals surface area contributed by atoms with Gasteiger partial charge in [0.05, 0.1) is 16.6 Å². The van der Waals surface area contributed by atoms with Crippen LogP contribution in [-0.4, -0.2) is 9.97 Å². The second-order valence-electron chi connectivity index (χ2n) is 13.7. The summed E-state index contributed by atoms with van der Waals surface area (Å²) in [6, 6.07) is 74.0. The van der Waals surface area contributed by atoms with Gasteiger partial charge in [0.2, 0.25) is 0 Å². The Balaban J connectivity index is 1.12. The quantitative estimate of drug-likeness (QED) is 0.175. The molecule has 0 atom stereocenters. The summed E-state index contributed by atoms with van der Waals surface area (Å²) in [6.07, 6.45) is 0. The lowest BCUT2D eigenvalue weighted by atomic mass is 9.67. The topological polar surface area (TPSA) is 25.8 Å². The highest BCUT2D eigenvalue weighted by atomic mass is 14.9. The molecule has 2 heteroatoms. The summed E-state index contributed by atoms with van der Waals surface area (Å²) in [5.74, 6) is 0.715. The molecule has 1 aromatic heterocycles. The van der Waals surface area contributed by atoms with Crippen molar-refractivity contribution in [1.82, 2.24) is 9.97 Å². The smallest absolute Gasteiger partial charge is 0.160 e. The first-order chi connectivity index (χ1) is 26.3. The van der Waals surface area contributed by atoms with Gasteiger partial charge in [0, 0.05) is 16.5 Å². The molecule has 0 radical (unpaired) electrons. The normalized spacial score (nSPS) is 12.7. The van der Waals surface area contributed by atoms with Gasteiger partial charge in [0.1, 0.15) is 0 Å². The number of hydrogen-bond donors (Lipinski definition) is 0. The van der Waals surface area contributed by atoms with Gasteiger partial charge in [-0.3, -0.25) is 0 Å². The van der Waals surface area contributed by atoms with Gasteiger partial charge < -0.3 is 0 Å². The minimum absolute atomic E-state index is 0.450. The number of hydrogen-bond acceptors (Lipinski definition) is 2. The number of benzene rings is 8. The van der Waals surface area contributed by atoms with Crippen LogP contribution in [0.3, 0.4) is 0 Å². The molecule has 0 saturated heterocycles. The average Bonchev–Trinajstić information content (AvgIpc) is 3.55. The Morgan fingerprint density at radius 1 is 0.321 bits per heavy atom. The third-order valence-electron chi connectivity index (χ3n) is 10.8. The molecule has 1 heterocycles. The fraction of sp³-hybridized carbons (Fsp3) is 0.0196. The molecule has 10 rings (SSSR count). The first kappa shape index (κ1) is 30.9. The summed E-state index contributed by atoms with van der Waals surface area (Å²) in [7, 11) is 0. The highest BCUT2D eigenvalue weighted by Gasteiger charge is 2.45. The molecule has 0 fully saturated rings. The largest absolute Gasteiger partial charge is 0.228 e. The molecular weight excluding hydrogens is 641 g/mol. The van der Waals surface area contributed by atoms with Gasteiger partial charge in [-0.1, -0.05) is 182 Å². The predicted molar refractivity (Wildman–Crippen MR) is 219 cm³/mol. The summed E-state index contributed by atoms with van der Waals surface area (Å²) in [5.41, 5.74) is 15.8. The maximum Gasteiger partial charge on any atom is 0.160 e. The van der Waals surface area contributed by atoms with E-state index in [0.717, 1.165) is 44.4 Å². The van der Waals surface area contributed by atoms with Crippen molar-refractivity contribution in [3.05, 3.63) is 229 Å². The van der Waals surface area contributed by atoms with Crippen LogP contribution < -0.4 is 0 Å². The molecule has 0 unspecified atom stereocenters. The second-order valence-corrected chi connectivity index (χ2v) is 13.7. The Bertz CT molecular complexity index is 2740. The zero-order chi connectivity index (χ0) is 35.2. The van der Waals surface area contributed by atoms with Gasteiger partial charge in [-0.15, -0.1) is 0 Å². The van der Waals surface area contributed by atoms with Gasteiger partial charge in [-0.25, -0.2) is 9.97 Å². The van der Waals surface area contributed by atoms with Crippen LogP contribution in [0.15, 0.2) is 206 Å². The lowest BCUT2D eigenvalue weighted by Gasteiger charge is -2.34. The van der Waals surface area contributed by atoms with E-state index in [2.05, 4.69) is 194 Å². The molecule has 0 saturated carbocycles. The Kier molecular flexibility index (Phi) is 7.40. The molecule has 0 amide bonds. The van der Waals surface area contributed by atoms with Crippen molar-refractivity contribution in [3.63, 3.8) is 0 Å². The number of para-hydroxylation sites is 1. The molecule has 9 aromatic rings. The number of fused-ring (bicyclic) bond motifs is 4. The van der Waals surface area contributed by atoms with Gasteiger partial charge in [-0.2, -0.15) is 0 Å². The van der Waals surface area contributed by atoms with Crippen molar-refractivity contribution in [2.75, 3.05) is 0 Å². The molecule has 0 bridgehead atoms. The van der Waals surface area contributed by atoms with Crippen molar-refractivity contribution < 1.29 is 0 Å². The average molecular weight is 675 g/mol. The predicted octanol–water partition coefficient (Wildman–Crippen LogP) is 12.7. The molecule has 0 spiro atoms. The van der Waals surface area contributed by atoms with Crippen LogP contribution in [0.2, 0.25) is 0 Å². The third kappa shape index (κ3) is 5.11. The molecule has 8 aromatic carbocycles. The summed E-state index contributed by atoms with van der Waals surface area (Å²) in [6.45, 7) is 0. The Labute approximate surface area is 309 Å². The van der Waals surface area contributed by atoms with Crippen LogP contribution >= 0.6 is 0 Å². The molecule has 1 aliphatic rings. The summed E-state index contributed by atoms with van der Waals surface area (Å²) in [5, 5.41) is 1.03.